The van der Waals surface area contributed by atoms with Crippen molar-refractivity contribution >= 4 is 27.7 Å². The SMILES string of the molecule is CC(=O)Nc1cc(Br)c(C)cn1. The number of nitrogens with one attached hydrogen (secondary N) is 1. The number of aromatic nitrogens is 1. The molecule has 1 amide bonds. The van der Waals surface area contributed by atoms with Gasteiger partial charge in [-0.25, -0.2) is 4.98 Å². The number of halogens is 1. The first kappa shape index (κ1) is 9.19. The van der Waals surface area contributed by atoms with Crippen LogP contribution in [0, 0.1) is 6.92 Å². The van der Waals surface area contributed by atoms with Crippen molar-refractivity contribution in [2.24, 2.45) is 0 Å². The monoisotopic (exact) mass is 228 g/mol. The van der Waals surface area contributed by atoms with Crippen molar-refractivity contribution in [3.63, 3.8) is 0 Å². The van der Waals surface area contributed by atoms with Crippen molar-refractivity contribution in [1.82, 2.24) is 4.98 Å². The average molecular weight is 229 g/mol. The quantitative estimate of drug-likeness (QED) is 0.801. The molecule has 12 heavy (non-hydrogen) atoms. The van der Waals surface area contributed by atoms with Gasteiger partial charge in [0.15, 0.2) is 0 Å². The molecule has 0 aliphatic heterocycles. The Morgan fingerprint density at radius 3 is 2.83 bits per heavy atom. The standard InChI is InChI=1S/C8H9BrN2O/c1-5-4-10-8(3-7(5)9)11-6(2)12/h3-4H,1-2H3,(H,10,11,12). The van der Waals surface area contributed by atoms with Crippen LogP contribution in [0.15, 0.2) is 16.7 Å². The Labute approximate surface area is 79.3 Å². The first-order valence-electron chi connectivity index (χ1n) is 3.49. The zero-order chi connectivity index (χ0) is 9.14. The topological polar surface area (TPSA) is 42.0 Å². The maximum Gasteiger partial charge on any atom is 0.222 e. The van der Waals surface area contributed by atoms with E-state index in [0.29, 0.717) is 5.82 Å². The summed E-state index contributed by atoms with van der Waals surface area (Å²) < 4.78 is 0.946. The van der Waals surface area contributed by atoms with Gasteiger partial charge in [0.25, 0.3) is 0 Å². The zero-order valence-electron chi connectivity index (χ0n) is 6.89. The summed E-state index contributed by atoms with van der Waals surface area (Å²) >= 11 is 3.34. The second-order valence-electron chi connectivity index (χ2n) is 2.50. The van der Waals surface area contributed by atoms with Crippen LogP contribution in [0.4, 0.5) is 5.82 Å². The third kappa shape index (κ3) is 2.30. The smallest absolute Gasteiger partial charge is 0.222 e. The fourth-order valence-electron chi connectivity index (χ4n) is 0.748. The van der Waals surface area contributed by atoms with Gasteiger partial charge in [0, 0.05) is 17.6 Å². The molecule has 0 saturated carbocycles. The molecule has 0 aliphatic carbocycles. The van der Waals surface area contributed by atoms with E-state index in [2.05, 4.69) is 26.2 Å². The van der Waals surface area contributed by atoms with Gasteiger partial charge in [0.2, 0.25) is 5.91 Å². The van der Waals surface area contributed by atoms with Crippen LogP contribution in [0.5, 0.6) is 0 Å². The first-order valence-corrected chi connectivity index (χ1v) is 4.28. The Bertz CT molecular complexity index is 312. The predicted octanol–water partition coefficient (Wildman–Crippen LogP) is 2.11. The largest absolute Gasteiger partial charge is 0.311 e. The Morgan fingerprint density at radius 1 is 1.67 bits per heavy atom. The summed E-state index contributed by atoms with van der Waals surface area (Å²) in [6.45, 7) is 3.39. The van der Waals surface area contributed by atoms with Gasteiger partial charge in [0.1, 0.15) is 5.82 Å². The number of amides is 1. The van der Waals surface area contributed by atoms with Crippen molar-refractivity contribution in [3.8, 4) is 0 Å². The molecule has 0 spiro atoms. The molecule has 1 aromatic rings. The van der Waals surface area contributed by atoms with Crippen molar-refractivity contribution in [2.45, 2.75) is 13.8 Å². The molecule has 0 aromatic carbocycles. The molecule has 1 heterocycles. The third-order valence-electron chi connectivity index (χ3n) is 1.34. The summed E-state index contributed by atoms with van der Waals surface area (Å²) in [5.41, 5.74) is 1.05. The summed E-state index contributed by atoms with van der Waals surface area (Å²) in [7, 11) is 0. The molecule has 0 saturated heterocycles. The molecule has 3 nitrogen and oxygen atoms in total. The van der Waals surface area contributed by atoms with Crippen LogP contribution < -0.4 is 5.32 Å². The van der Waals surface area contributed by atoms with E-state index >= 15 is 0 Å². The van der Waals surface area contributed by atoms with Crippen molar-refractivity contribution in [2.75, 3.05) is 5.32 Å². The molecule has 0 fully saturated rings. The number of carbonyl (C=O) groups is 1. The number of hydrogen-bond donors (Lipinski definition) is 1. The van der Waals surface area contributed by atoms with Gasteiger partial charge in [0.05, 0.1) is 0 Å². The molecule has 0 unspecified atom stereocenters. The Hall–Kier alpha value is -0.900. The zero-order valence-corrected chi connectivity index (χ0v) is 8.47. The lowest BCUT2D eigenvalue weighted by atomic mass is 10.3. The second-order valence-corrected chi connectivity index (χ2v) is 3.35. The average Bonchev–Trinajstić information content (AvgIpc) is 1.96. The molecular weight excluding hydrogens is 220 g/mol. The van der Waals surface area contributed by atoms with E-state index in [4.69, 9.17) is 0 Å². The highest BCUT2D eigenvalue weighted by Crippen LogP contribution is 2.17. The molecule has 64 valence electrons. The Morgan fingerprint density at radius 2 is 2.33 bits per heavy atom. The van der Waals surface area contributed by atoms with Crippen LogP contribution in [-0.2, 0) is 4.79 Å². The van der Waals surface area contributed by atoms with Gasteiger partial charge in [-0.2, -0.15) is 0 Å². The number of rotatable bonds is 1. The van der Waals surface area contributed by atoms with Crippen molar-refractivity contribution in [1.29, 1.82) is 0 Å². The maximum absolute atomic E-state index is 10.6. The van der Waals surface area contributed by atoms with Crippen LogP contribution >= 0.6 is 15.9 Å². The highest BCUT2D eigenvalue weighted by molar-refractivity contribution is 9.10. The van der Waals surface area contributed by atoms with Gasteiger partial charge < -0.3 is 5.32 Å². The number of carbonyl (C=O) groups excluding carboxylic acids is 1. The number of aryl methyl sites for hydroxylation is 1. The third-order valence-corrected chi connectivity index (χ3v) is 2.20. The van der Waals surface area contributed by atoms with E-state index in [0.717, 1.165) is 10.0 Å². The molecular formula is C8H9BrN2O. The number of anilines is 1. The van der Waals surface area contributed by atoms with E-state index in [1.165, 1.54) is 6.92 Å². The van der Waals surface area contributed by atoms with E-state index in [1.54, 1.807) is 12.3 Å². The normalized spacial score (nSPS) is 9.58. The molecule has 1 rings (SSSR count). The van der Waals surface area contributed by atoms with Gasteiger partial charge in [-0.3, -0.25) is 4.79 Å². The summed E-state index contributed by atoms with van der Waals surface area (Å²) in [6.07, 6.45) is 1.70. The molecule has 1 aromatic heterocycles. The minimum atomic E-state index is -0.113. The predicted molar refractivity (Wildman–Crippen MR) is 51.0 cm³/mol. The van der Waals surface area contributed by atoms with Gasteiger partial charge in [-0.05, 0) is 18.6 Å². The fraction of sp³-hybridized carbons (Fsp3) is 0.250. The van der Waals surface area contributed by atoms with E-state index in [9.17, 15) is 4.79 Å². The molecule has 0 bridgehead atoms. The summed E-state index contributed by atoms with van der Waals surface area (Å²) in [5, 5.41) is 2.59. The van der Waals surface area contributed by atoms with Gasteiger partial charge in [-0.1, -0.05) is 15.9 Å². The lowest BCUT2D eigenvalue weighted by molar-refractivity contribution is -0.114. The minimum Gasteiger partial charge on any atom is -0.311 e. The Balaban J connectivity index is 2.89. The van der Waals surface area contributed by atoms with E-state index < -0.39 is 0 Å². The second kappa shape index (κ2) is 3.67. The molecule has 0 radical (unpaired) electrons. The maximum atomic E-state index is 10.6. The van der Waals surface area contributed by atoms with E-state index in [1.807, 2.05) is 6.92 Å². The molecule has 0 aliphatic rings. The lowest BCUT2D eigenvalue weighted by Gasteiger charge is -2.02. The first-order chi connectivity index (χ1) is 5.59. The molecule has 1 N–H and O–H groups in total. The number of hydrogen-bond acceptors (Lipinski definition) is 2. The Kier molecular flexibility index (Phi) is 2.81. The fourth-order valence-corrected chi connectivity index (χ4v) is 1.07. The van der Waals surface area contributed by atoms with Crippen molar-refractivity contribution in [3.05, 3.63) is 22.3 Å². The van der Waals surface area contributed by atoms with Gasteiger partial charge in [-0.15, -0.1) is 0 Å². The highest BCUT2D eigenvalue weighted by Gasteiger charge is 1.99. The highest BCUT2D eigenvalue weighted by atomic mass is 79.9. The van der Waals surface area contributed by atoms with Crippen molar-refractivity contribution < 1.29 is 4.79 Å². The van der Waals surface area contributed by atoms with Crippen LogP contribution in [0.25, 0.3) is 0 Å². The summed E-state index contributed by atoms with van der Waals surface area (Å²) in [4.78, 5) is 14.7. The van der Waals surface area contributed by atoms with Crippen LogP contribution in [0.3, 0.4) is 0 Å². The summed E-state index contributed by atoms with van der Waals surface area (Å²) in [6, 6.07) is 1.77. The van der Waals surface area contributed by atoms with Crippen LogP contribution in [-0.4, -0.2) is 10.9 Å². The molecule has 0 atom stereocenters. The van der Waals surface area contributed by atoms with E-state index in [-0.39, 0.29) is 5.91 Å². The summed E-state index contributed by atoms with van der Waals surface area (Å²) in [5.74, 6) is 0.457. The van der Waals surface area contributed by atoms with Crippen LogP contribution in [0.1, 0.15) is 12.5 Å². The van der Waals surface area contributed by atoms with Gasteiger partial charge >= 0.3 is 0 Å². The lowest BCUT2D eigenvalue weighted by Crippen LogP contribution is -2.07. The molecule has 4 heteroatoms. The minimum absolute atomic E-state index is 0.113. The number of nitrogens with zero attached hydrogens (tertiary/aromatic N) is 1. The number of pyridine rings is 1. The van der Waals surface area contributed by atoms with Crippen LogP contribution in [0.2, 0.25) is 0 Å².